The lowest BCUT2D eigenvalue weighted by atomic mass is 9.80. The first-order chi connectivity index (χ1) is 10.5. The van der Waals surface area contributed by atoms with Crippen LogP contribution in [0.1, 0.15) is 43.6 Å². The highest BCUT2D eigenvalue weighted by molar-refractivity contribution is 6.32. The Kier molecular flexibility index (Phi) is 3.91. The van der Waals surface area contributed by atoms with Crippen molar-refractivity contribution in [2.45, 2.75) is 38.0 Å². The second kappa shape index (κ2) is 5.72. The molecule has 0 aromatic heterocycles. The Labute approximate surface area is 133 Å². The Morgan fingerprint density at radius 1 is 1.18 bits per heavy atom. The molecule has 1 aromatic carbocycles. The van der Waals surface area contributed by atoms with Gasteiger partial charge in [0, 0.05) is 10.9 Å². The number of imide groups is 1. The number of nitrogens with zero attached hydrogens (tertiary/aromatic N) is 1. The van der Waals surface area contributed by atoms with Gasteiger partial charge in [-0.25, -0.2) is 9.69 Å². The highest BCUT2D eigenvalue weighted by atomic mass is 35.5. The number of rotatable bonds is 2. The average Bonchev–Trinajstić information content (AvgIpc) is 2.78. The standard InChI is InChI=1S/C16H17ClN2O3/c17-10-6-7-11-12(8-10)19(16(18)22)15(21)13(11)14(20)9-4-2-1-3-5-9/h6-9,13H,1-5H2,(H2,18,22). The van der Waals surface area contributed by atoms with Crippen LogP contribution in [-0.4, -0.2) is 17.7 Å². The van der Waals surface area contributed by atoms with Crippen molar-refractivity contribution in [3.8, 4) is 0 Å². The van der Waals surface area contributed by atoms with E-state index in [9.17, 15) is 14.4 Å². The van der Waals surface area contributed by atoms with Crippen molar-refractivity contribution in [1.82, 2.24) is 0 Å². The van der Waals surface area contributed by atoms with Crippen LogP contribution in [0, 0.1) is 5.92 Å². The minimum absolute atomic E-state index is 0.1000. The topological polar surface area (TPSA) is 80.5 Å². The van der Waals surface area contributed by atoms with Gasteiger partial charge in [-0.2, -0.15) is 0 Å². The van der Waals surface area contributed by atoms with E-state index in [1.54, 1.807) is 12.1 Å². The van der Waals surface area contributed by atoms with Crippen molar-refractivity contribution in [1.29, 1.82) is 0 Å². The minimum atomic E-state index is -0.928. The molecule has 1 saturated carbocycles. The number of nitrogens with two attached hydrogens (primary N) is 1. The first-order valence-electron chi connectivity index (χ1n) is 7.47. The number of fused-ring (bicyclic) bond motifs is 1. The number of hydrogen-bond acceptors (Lipinski definition) is 3. The first-order valence-corrected chi connectivity index (χ1v) is 7.85. The number of amides is 3. The molecule has 3 amide bonds. The molecular weight excluding hydrogens is 304 g/mol. The Morgan fingerprint density at radius 2 is 1.86 bits per heavy atom. The summed E-state index contributed by atoms with van der Waals surface area (Å²) < 4.78 is 0. The summed E-state index contributed by atoms with van der Waals surface area (Å²) in [7, 11) is 0. The molecule has 0 radical (unpaired) electrons. The van der Waals surface area contributed by atoms with E-state index in [0.29, 0.717) is 16.3 Å². The van der Waals surface area contributed by atoms with Gasteiger partial charge in [0.1, 0.15) is 5.92 Å². The maximum Gasteiger partial charge on any atom is 0.326 e. The number of carbonyl (C=O) groups is 3. The third-order valence-corrected chi connectivity index (χ3v) is 4.76. The Morgan fingerprint density at radius 3 is 2.50 bits per heavy atom. The lowest BCUT2D eigenvalue weighted by Crippen LogP contribution is -2.41. The SMILES string of the molecule is NC(=O)N1C(=O)C(C(=O)C2CCCCC2)c2ccc(Cl)cc21. The van der Waals surface area contributed by atoms with Crippen LogP contribution >= 0.6 is 11.6 Å². The fourth-order valence-corrected chi connectivity index (χ4v) is 3.63. The quantitative estimate of drug-likeness (QED) is 0.850. The van der Waals surface area contributed by atoms with Gasteiger partial charge in [0.15, 0.2) is 5.78 Å². The fourth-order valence-electron chi connectivity index (χ4n) is 3.46. The number of primary amides is 1. The molecule has 1 aromatic rings. The highest BCUT2D eigenvalue weighted by Gasteiger charge is 2.45. The molecule has 1 heterocycles. The van der Waals surface area contributed by atoms with E-state index < -0.39 is 17.9 Å². The van der Waals surface area contributed by atoms with Gasteiger partial charge >= 0.3 is 6.03 Å². The third-order valence-electron chi connectivity index (χ3n) is 4.52. The summed E-state index contributed by atoms with van der Waals surface area (Å²) in [5.41, 5.74) is 6.17. The predicted octanol–water partition coefficient (Wildman–Crippen LogP) is 3.00. The molecule has 1 aliphatic heterocycles. The van der Waals surface area contributed by atoms with Gasteiger partial charge in [0.25, 0.3) is 0 Å². The van der Waals surface area contributed by atoms with E-state index in [4.69, 9.17) is 17.3 Å². The molecule has 1 atom stereocenters. The van der Waals surface area contributed by atoms with Crippen LogP contribution in [0.2, 0.25) is 5.02 Å². The van der Waals surface area contributed by atoms with Crippen LogP contribution < -0.4 is 10.6 Å². The number of halogens is 1. The molecule has 1 aliphatic carbocycles. The number of ketones is 1. The van der Waals surface area contributed by atoms with Crippen molar-refractivity contribution in [3.05, 3.63) is 28.8 Å². The van der Waals surface area contributed by atoms with E-state index in [-0.39, 0.29) is 11.7 Å². The molecule has 0 saturated heterocycles. The predicted molar refractivity (Wildman–Crippen MR) is 82.8 cm³/mol. The minimum Gasteiger partial charge on any atom is -0.351 e. The van der Waals surface area contributed by atoms with Gasteiger partial charge < -0.3 is 5.73 Å². The van der Waals surface area contributed by atoms with Crippen molar-refractivity contribution < 1.29 is 14.4 Å². The van der Waals surface area contributed by atoms with Gasteiger partial charge in [-0.05, 0) is 30.5 Å². The monoisotopic (exact) mass is 320 g/mol. The van der Waals surface area contributed by atoms with Crippen LogP contribution in [0.15, 0.2) is 18.2 Å². The lowest BCUT2D eigenvalue weighted by molar-refractivity contribution is -0.131. The number of Topliss-reactive ketones (excluding diaryl/α,β-unsaturated/α-hetero) is 1. The number of anilines is 1. The third kappa shape index (κ3) is 2.39. The van der Waals surface area contributed by atoms with E-state index in [0.717, 1.165) is 37.0 Å². The summed E-state index contributed by atoms with van der Waals surface area (Å²) >= 11 is 5.94. The molecule has 5 nitrogen and oxygen atoms in total. The van der Waals surface area contributed by atoms with Crippen molar-refractivity contribution in [2.24, 2.45) is 11.7 Å². The normalized spacial score (nSPS) is 21.8. The zero-order chi connectivity index (χ0) is 15.9. The van der Waals surface area contributed by atoms with E-state index in [1.165, 1.54) is 6.07 Å². The van der Waals surface area contributed by atoms with Crippen molar-refractivity contribution in [2.75, 3.05) is 4.90 Å². The molecule has 1 fully saturated rings. The summed E-state index contributed by atoms with van der Waals surface area (Å²) in [5, 5.41) is 0.392. The van der Waals surface area contributed by atoms with Crippen LogP contribution in [0.3, 0.4) is 0 Å². The van der Waals surface area contributed by atoms with E-state index in [2.05, 4.69) is 0 Å². The van der Waals surface area contributed by atoms with Gasteiger partial charge in [0.2, 0.25) is 5.91 Å². The summed E-state index contributed by atoms with van der Waals surface area (Å²) in [6, 6.07) is 3.89. The molecule has 0 bridgehead atoms. The number of hydrogen-bond donors (Lipinski definition) is 1. The van der Waals surface area contributed by atoms with E-state index >= 15 is 0 Å². The van der Waals surface area contributed by atoms with Crippen LogP contribution in [0.25, 0.3) is 0 Å². The molecule has 0 spiro atoms. The zero-order valence-corrected chi connectivity index (χ0v) is 12.8. The molecule has 3 rings (SSSR count). The highest BCUT2D eigenvalue weighted by Crippen LogP contribution is 2.42. The number of carbonyl (C=O) groups excluding carboxylic acids is 3. The van der Waals surface area contributed by atoms with E-state index in [1.807, 2.05) is 0 Å². The molecule has 22 heavy (non-hydrogen) atoms. The molecule has 6 heteroatoms. The summed E-state index contributed by atoms with van der Waals surface area (Å²) in [6.45, 7) is 0. The van der Waals surface area contributed by atoms with Gasteiger partial charge in [-0.1, -0.05) is 36.9 Å². The van der Waals surface area contributed by atoms with Gasteiger partial charge in [0.05, 0.1) is 5.69 Å². The van der Waals surface area contributed by atoms with Crippen LogP contribution in [0.5, 0.6) is 0 Å². The summed E-state index contributed by atoms with van der Waals surface area (Å²) in [4.78, 5) is 37.8. The van der Waals surface area contributed by atoms with Crippen molar-refractivity contribution >= 4 is 35.0 Å². The summed E-state index contributed by atoms with van der Waals surface area (Å²) in [6.07, 6.45) is 4.75. The Bertz CT molecular complexity index is 653. The molecule has 116 valence electrons. The molecule has 1 unspecified atom stereocenters. The van der Waals surface area contributed by atoms with Crippen LogP contribution in [-0.2, 0) is 9.59 Å². The molecule has 2 aliphatic rings. The maximum atomic E-state index is 12.8. The number of benzene rings is 1. The van der Waals surface area contributed by atoms with Crippen molar-refractivity contribution in [3.63, 3.8) is 0 Å². The average molecular weight is 321 g/mol. The largest absolute Gasteiger partial charge is 0.351 e. The molecule has 2 N–H and O–H groups in total. The smallest absolute Gasteiger partial charge is 0.326 e. The maximum absolute atomic E-state index is 12.8. The number of urea groups is 1. The van der Waals surface area contributed by atoms with Crippen LogP contribution in [0.4, 0.5) is 10.5 Å². The molecular formula is C16H17ClN2O3. The van der Waals surface area contributed by atoms with Gasteiger partial charge in [-0.15, -0.1) is 0 Å². The Hall–Kier alpha value is -1.88. The second-order valence-corrected chi connectivity index (χ2v) is 6.32. The Balaban J connectivity index is 2.00. The summed E-state index contributed by atoms with van der Waals surface area (Å²) in [5.74, 6) is -1.70. The lowest BCUT2D eigenvalue weighted by Gasteiger charge is -2.22. The van der Waals surface area contributed by atoms with Gasteiger partial charge in [-0.3, -0.25) is 9.59 Å². The zero-order valence-electron chi connectivity index (χ0n) is 12.0. The second-order valence-electron chi connectivity index (χ2n) is 5.89. The fraction of sp³-hybridized carbons (Fsp3) is 0.438. The first kappa shape index (κ1) is 15.0.